The molecule has 4 atom stereocenters. The zero-order valence-electron chi connectivity index (χ0n) is 21.3. The van der Waals surface area contributed by atoms with E-state index in [4.69, 9.17) is 27.9 Å². The number of nitrogens with zero attached hydrogens (tertiary/aromatic N) is 1. The Kier molecular flexibility index (Phi) is 9.13. The van der Waals surface area contributed by atoms with E-state index in [1.54, 1.807) is 6.92 Å². The molecule has 0 aromatic heterocycles. The van der Waals surface area contributed by atoms with Crippen LogP contribution in [0.5, 0.6) is 0 Å². The highest BCUT2D eigenvalue weighted by atomic mass is 35.5. The first kappa shape index (κ1) is 30.3. The van der Waals surface area contributed by atoms with Gasteiger partial charge in [-0.15, -0.1) is 0 Å². The van der Waals surface area contributed by atoms with Gasteiger partial charge in [-0.2, -0.15) is 0 Å². The number of carboxylic acids is 1. The van der Waals surface area contributed by atoms with E-state index in [-0.39, 0.29) is 27.6 Å². The molecule has 0 bridgehead atoms. The van der Waals surface area contributed by atoms with Crippen LogP contribution in [0.3, 0.4) is 0 Å². The van der Waals surface area contributed by atoms with E-state index in [1.807, 2.05) is 0 Å². The summed E-state index contributed by atoms with van der Waals surface area (Å²) < 4.78 is 60.3. The maximum Gasteiger partial charge on any atom is 0.306 e. The molecule has 12 heteroatoms. The number of sulfone groups is 1. The molecule has 0 radical (unpaired) electrons. The summed E-state index contributed by atoms with van der Waals surface area (Å²) in [6.07, 6.45) is -3.28. The molecule has 1 N–H and O–H groups in total. The smallest absolute Gasteiger partial charge is 0.306 e. The summed E-state index contributed by atoms with van der Waals surface area (Å²) in [5.41, 5.74) is 0.364. The van der Waals surface area contributed by atoms with E-state index >= 15 is 0 Å². The monoisotopic (exact) mass is 591 g/mol. The molecular formula is C26H29Cl2F2NO6S. The summed E-state index contributed by atoms with van der Waals surface area (Å²) in [5.74, 6) is -4.05. The number of carboxylic acid groups (broad SMARTS) is 1. The summed E-state index contributed by atoms with van der Waals surface area (Å²) in [5, 5.41) is 9.30. The van der Waals surface area contributed by atoms with Crippen LogP contribution in [0.25, 0.3) is 0 Å². The molecule has 1 amide bonds. The second-order valence-corrected chi connectivity index (χ2v) is 13.8. The van der Waals surface area contributed by atoms with Gasteiger partial charge in [-0.1, -0.05) is 36.2 Å². The van der Waals surface area contributed by atoms with Crippen molar-refractivity contribution in [1.29, 1.82) is 0 Å². The minimum atomic E-state index is -3.77. The molecule has 0 saturated carbocycles. The number of hydrogen-bond donors (Lipinski definition) is 1. The van der Waals surface area contributed by atoms with Gasteiger partial charge < -0.3 is 14.7 Å². The molecule has 1 aliphatic heterocycles. The number of benzene rings is 2. The van der Waals surface area contributed by atoms with Crippen molar-refractivity contribution in [2.24, 2.45) is 0 Å². The Hall–Kier alpha value is -2.27. The molecule has 7 nitrogen and oxygen atoms in total. The molecular weight excluding hydrogens is 563 g/mol. The van der Waals surface area contributed by atoms with Gasteiger partial charge in [0, 0.05) is 11.1 Å². The molecule has 4 unspecified atom stereocenters. The topological polar surface area (TPSA) is 101 Å². The molecule has 2 aromatic carbocycles. The lowest BCUT2D eigenvalue weighted by molar-refractivity contribution is -0.182. The molecule has 1 heterocycles. The Balaban J connectivity index is 2.28. The molecule has 1 saturated heterocycles. The van der Waals surface area contributed by atoms with Crippen LogP contribution < -0.4 is 0 Å². The van der Waals surface area contributed by atoms with Crippen LogP contribution in [0.15, 0.2) is 36.4 Å². The standard InChI is InChI=1S/C26H29Cl2F2NO6S/c1-5-18(13-38(35,36)26(2,3)4)31-23(14-6-7-19(28)20(30)10-14)24(15-8-16(27)11-17(29)9-15)37-21(25(31)34)12-22(32)33/h6-11,18,21,23-24H,5,12-13H2,1-4H3,(H,32,33). The fourth-order valence-electron chi connectivity index (χ4n) is 4.39. The lowest BCUT2D eigenvalue weighted by Gasteiger charge is -2.48. The van der Waals surface area contributed by atoms with Crippen molar-refractivity contribution < 1.29 is 36.6 Å². The molecule has 0 aliphatic carbocycles. The van der Waals surface area contributed by atoms with Crippen LogP contribution in [0.1, 0.15) is 63.8 Å². The summed E-state index contributed by atoms with van der Waals surface area (Å²) in [4.78, 5) is 26.6. The molecule has 208 valence electrons. The molecule has 3 rings (SSSR count). The third-order valence-corrected chi connectivity index (χ3v) is 9.71. The van der Waals surface area contributed by atoms with Crippen LogP contribution in [-0.4, -0.2) is 52.9 Å². The predicted molar refractivity (Wildman–Crippen MR) is 140 cm³/mol. The zero-order chi connectivity index (χ0) is 28.6. The Morgan fingerprint density at radius 1 is 1.13 bits per heavy atom. The number of ether oxygens (including phenoxy) is 1. The van der Waals surface area contributed by atoms with Crippen molar-refractivity contribution in [2.75, 3.05) is 5.75 Å². The first-order valence-corrected chi connectivity index (χ1v) is 14.3. The van der Waals surface area contributed by atoms with Crippen molar-refractivity contribution in [3.05, 3.63) is 69.2 Å². The van der Waals surface area contributed by atoms with Crippen molar-refractivity contribution in [3.63, 3.8) is 0 Å². The minimum absolute atomic E-state index is 0.0187. The van der Waals surface area contributed by atoms with E-state index in [1.165, 1.54) is 43.9 Å². The van der Waals surface area contributed by atoms with Gasteiger partial charge in [0.2, 0.25) is 0 Å². The fourth-order valence-corrected chi connectivity index (χ4v) is 6.14. The van der Waals surface area contributed by atoms with Gasteiger partial charge in [0.05, 0.1) is 28.0 Å². The highest BCUT2D eigenvalue weighted by molar-refractivity contribution is 7.92. The molecule has 2 aromatic rings. The fraction of sp³-hybridized carbons (Fsp3) is 0.462. The highest BCUT2D eigenvalue weighted by Crippen LogP contribution is 2.45. The van der Waals surface area contributed by atoms with Gasteiger partial charge in [0.1, 0.15) is 23.8 Å². The first-order chi connectivity index (χ1) is 17.6. The van der Waals surface area contributed by atoms with Gasteiger partial charge in [-0.3, -0.25) is 9.59 Å². The number of rotatable bonds is 8. The van der Waals surface area contributed by atoms with E-state index in [0.29, 0.717) is 0 Å². The lowest BCUT2D eigenvalue weighted by Crippen LogP contribution is -2.57. The summed E-state index contributed by atoms with van der Waals surface area (Å²) in [7, 11) is -3.77. The SMILES string of the molecule is CCC(CS(=O)(=O)C(C)(C)C)N1C(=O)C(CC(=O)O)OC(c2cc(F)cc(Cl)c2)C1c1ccc(Cl)c(F)c1. The summed E-state index contributed by atoms with van der Waals surface area (Å²) in [6.45, 7) is 6.29. The van der Waals surface area contributed by atoms with E-state index in [0.717, 1.165) is 18.2 Å². The minimum Gasteiger partial charge on any atom is -0.481 e. The van der Waals surface area contributed by atoms with Crippen LogP contribution in [0.2, 0.25) is 10.0 Å². The van der Waals surface area contributed by atoms with E-state index < -0.39 is 74.6 Å². The maximum absolute atomic E-state index is 14.6. The molecule has 1 aliphatic rings. The highest BCUT2D eigenvalue weighted by Gasteiger charge is 2.48. The van der Waals surface area contributed by atoms with Crippen LogP contribution in [0, 0.1) is 11.6 Å². The quantitative estimate of drug-likeness (QED) is 0.419. The van der Waals surface area contributed by atoms with Crippen molar-refractivity contribution in [3.8, 4) is 0 Å². The van der Waals surface area contributed by atoms with Crippen LogP contribution >= 0.6 is 23.2 Å². The number of halogens is 4. The number of morpholine rings is 1. The summed E-state index contributed by atoms with van der Waals surface area (Å²) >= 11 is 12.0. The van der Waals surface area contributed by atoms with Crippen LogP contribution in [0.4, 0.5) is 8.78 Å². The van der Waals surface area contributed by atoms with Gasteiger partial charge >= 0.3 is 5.97 Å². The number of aliphatic carboxylic acids is 1. The Morgan fingerprint density at radius 2 is 1.79 bits per heavy atom. The second kappa shape index (κ2) is 11.5. The number of hydrogen-bond acceptors (Lipinski definition) is 5. The van der Waals surface area contributed by atoms with E-state index in [2.05, 4.69) is 0 Å². The maximum atomic E-state index is 14.6. The van der Waals surface area contributed by atoms with Gasteiger partial charge in [0.15, 0.2) is 9.84 Å². The van der Waals surface area contributed by atoms with Crippen molar-refractivity contribution >= 4 is 44.9 Å². The summed E-state index contributed by atoms with van der Waals surface area (Å²) in [6, 6.07) is 5.30. The largest absolute Gasteiger partial charge is 0.481 e. The number of carbonyl (C=O) groups excluding carboxylic acids is 1. The second-order valence-electron chi connectivity index (χ2n) is 10.2. The van der Waals surface area contributed by atoms with Crippen LogP contribution in [-0.2, 0) is 24.2 Å². The Bertz CT molecular complexity index is 1310. The molecule has 1 fully saturated rings. The van der Waals surface area contributed by atoms with Gasteiger partial charge in [0.25, 0.3) is 5.91 Å². The van der Waals surface area contributed by atoms with Crippen molar-refractivity contribution in [1.82, 2.24) is 4.90 Å². The Morgan fingerprint density at radius 3 is 2.32 bits per heavy atom. The van der Waals surface area contributed by atoms with E-state index in [9.17, 15) is 31.9 Å². The predicted octanol–water partition coefficient (Wildman–Crippen LogP) is 5.75. The zero-order valence-corrected chi connectivity index (χ0v) is 23.6. The third-order valence-electron chi connectivity index (χ3n) is 6.50. The lowest BCUT2D eigenvalue weighted by atomic mass is 9.89. The Labute approximate surface area is 230 Å². The molecule has 0 spiro atoms. The number of carbonyl (C=O) groups is 2. The average Bonchev–Trinajstić information content (AvgIpc) is 2.79. The first-order valence-electron chi connectivity index (χ1n) is 11.9. The van der Waals surface area contributed by atoms with Gasteiger partial charge in [-0.05, 0) is 68.7 Å². The third kappa shape index (κ3) is 6.47. The molecule has 38 heavy (non-hydrogen) atoms. The average molecular weight is 592 g/mol. The van der Waals surface area contributed by atoms with Gasteiger partial charge in [-0.25, -0.2) is 17.2 Å². The number of amides is 1. The van der Waals surface area contributed by atoms with Crippen molar-refractivity contribution in [2.45, 2.75) is 69.6 Å². The normalized spacial score (nSPS) is 21.4.